The van der Waals surface area contributed by atoms with E-state index in [4.69, 9.17) is 0 Å². The molecule has 1 heteroatoms. The van der Waals surface area contributed by atoms with Gasteiger partial charge in [-0.2, -0.15) is 0 Å². The number of benzene rings is 2. The molecule has 1 N–H and O–H groups in total. The molecule has 1 nitrogen and oxygen atoms in total. The van der Waals surface area contributed by atoms with E-state index in [1.165, 1.54) is 16.7 Å². The molecule has 0 heterocycles. The molecule has 2 aromatic rings. The Labute approximate surface area is 108 Å². The predicted molar refractivity (Wildman–Crippen MR) is 74.4 cm³/mol. The van der Waals surface area contributed by atoms with Gasteiger partial charge in [-0.1, -0.05) is 61.5 Å². The Morgan fingerprint density at radius 2 is 1.56 bits per heavy atom. The molecular weight excluding hydrogens is 220 g/mol. The average molecular weight is 238 g/mol. The quantitative estimate of drug-likeness (QED) is 0.865. The number of hydrogen-bond donors (Lipinski definition) is 1. The molecule has 2 aromatic carbocycles. The lowest BCUT2D eigenvalue weighted by Gasteiger charge is -2.14. The van der Waals surface area contributed by atoms with E-state index in [1.54, 1.807) is 0 Å². The van der Waals surface area contributed by atoms with Crippen LogP contribution in [0, 0.1) is 5.92 Å². The molecule has 1 aliphatic carbocycles. The molecule has 2 unspecified atom stereocenters. The fourth-order valence-corrected chi connectivity index (χ4v) is 2.83. The van der Waals surface area contributed by atoms with Gasteiger partial charge >= 0.3 is 0 Å². The molecule has 3 rings (SSSR count). The third-order valence-electron chi connectivity index (χ3n) is 4.30. The van der Waals surface area contributed by atoms with Crippen molar-refractivity contribution in [2.75, 3.05) is 6.61 Å². The van der Waals surface area contributed by atoms with Gasteiger partial charge in [-0.05, 0) is 29.0 Å². The van der Waals surface area contributed by atoms with Crippen LogP contribution >= 0.6 is 0 Å². The third-order valence-corrected chi connectivity index (χ3v) is 4.30. The van der Waals surface area contributed by atoms with Crippen LogP contribution in [0.1, 0.15) is 18.9 Å². The highest BCUT2D eigenvalue weighted by Crippen LogP contribution is 2.53. The van der Waals surface area contributed by atoms with Crippen molar-refractivity contribution >= 4 is 0 Å². The number of hydrogen-bond acceptors (Lipinski definition) is 1. The number of aliphatic hydroxyl groups excluding tert-OH is 1. The Balaban J connectivity index is 1.91. The first-order valence-electron chi connectivity index (χ1n) is 6.53. The fraction of sp³-hybridized carbons (Fsp3) is 0.294. The molecule has 0 saturated heterocycles. The molecule has 0 radical (unpaired) electrons. The normalized spacial score (nSPS) is 26.0. The lowest BCUT2D eigenvalue weighted by atomic mass is 9.92. The molecule has 1 saturated carbocycles. The average Bonchev–Trinajstić information content (AvgIpc) is 3.12. The standard InChI is InChI=1S/C17H18O/c1-13-11-17(13,12-18)16-9-7-15(8-10-16)14-5-3-2-4-6-14/h2-10,13,18H,11-12H2,1H3. The van der Waals surface area contributed by atoms with Gasteiger partial charge in [0.25, 0.3) is 0 Å². The molecule has 1 fully saturated rings. The topological polar surface area (TPSA) is 20.2 Å². The summed E-state index contributed by atoms with van der Waals surface area (Å²) in [6.07, 6.45) is 1.11. The monoisotopic (exact) mass is 238 g/mol. The van der Waals surface area contributed by atoms with E-state index in [-0.39, 0.29) is 12.0 Å². The van der Waals surface area contributed by atoms with E-state index in [2.05, 4.69) is 55.5 Å². The van der Waals surface area contributed by atoms with Gasteiger partial charge in [-0.25, -0.2) is 0 Å². The molecule has 0 aliphatic heterocycles. The molecular formula is C17H18O. The second-order valence-corrected chi connectivity index (χ2v) is 5.36. The van der Waals surface area contributed by atoms with E-state index in [0.717, 1.165) is 6.42 Å². The highest BCUT2D eigenvalue weighted by atomic mass is 16.3. The van der Waals surface area contributed by atoms with Crippen molar-refractivity contribution in [1.29, 1.82) is 0 Å². The van der Waals surface area contributed by atoms with E-state index in [9.17, 15) is 5.11 Å². The van der Waals surface area contributed by atoms with Crippen molar-refractivity contribution in [2.45, 2.75) is 18.8 Å². The van der Waals surface area contributed by atoms with Crippen molar-refractivity contribution in [1.82, 2.24) is 0 Å². The maximum absolute atomic E-state index is 9.57. The van der Waals surface area contributed by atoms with Crippen LogP contribution in [-0.4, -0.2) is 11.7 Å². The Hall–Kier alpha value is -1.60. The molecule has 92 valence electrons. The molecule has 0 aromatic heterocycles. The highest BCUT2D eigenvalue weighted by Gasteiger charge is 2.51. The minimum atomic E-state index is 0.0369. The van der Waals surface area contributed by atoms with Crippen LogP contribution in [0.4, 0.5) is 0 Å². The zero-order chi connectivity index (χ0) is 12.6. The zero-order valence-electron chi connectivity index (χ0n) is 10.6. The predicted octanol–water partition coefficient (Wildman–Crippen LogP) is 3.62. The van der Waals surface area contributed by atoms with Gasteiger partial charge in [0.1, 0.15) is 0 Å². The third kappa shape index (κ3) is 1.75. The first kappa shape index (κ1) is 11.5. The Bertz CT molecular complexity index is 525. The fourth-order valence-electron chi connectivity index (χ4n) is 2.83. The molecule has 1 aliphatic rings. The second-order valence-electron chi connectivity index (χ2n) is 5.36. The second kappa shape index (κ2) is 4.25. The zero-order valence-corrected chi connectivity index (χ0v) is 10.6. The van der Waals surface area contributed by atoms with Crippen molar-refractivity contribution in [3.05, 3.63) is 60.2 Å². The number of rotatable bonds is 3. The summed E-state index contributed by atoms with van der Waals surface area (Å²) < 4.78 is 0. The minimum absolute atomic E-state index is 0.0369. The van der Waals surface area contributed by atoms with Crippen LogP contribution in [0.3, 0.4) is 0 Å². The van der Waals surface area contributed by atoms with Gasteiger partial charge < -0.3 is 5.11 Å². The summed E-state index contributed by atoms with van der Waals surface area (Å²) in [5.41, 5.74) is 3.79. The van der Waals surface area contributed by atoms with Crippen LogP contribution in [0.5, 0.6) is 0 Å². The van der Waals surface area contributed by atoms with Crippen molar-refractivity contribution in [3.63, 3.8) is 0 Å². The van der Waals surface area contributed by atoms with Gasteiger partial charge in [-0.3, -0.25) is 0 Å². The van der Waals surface area contributed by atoms with Gasteiger partial charge in [0.2, 0.25) is 0 Å². The van der Waals surface area contributed by atoms with E-state index in [0.29, 0.717) is 5.92 Å². The van der Waals surface area contributed by atoms with Gasteiger partial charge in [0.05, 0.1) is 6.61 Å². The van der Waals surface area contributed by atoms with Crippen molar-refractivity contribution in [3.8, 4) is 11.1 Å². The van der Waals surface area contributed by atoms with E-state index >= 15 is 0 Å². The first-order chi connectivity index (χ1) is 8.76. The lowest BCUT2D eigenvalue weighted by molar-refractivity contribution is 0.247. The Kier molecular flexibility index (Phi) is 2.71. The molecule has 0 spiro atoms. The summed E-state index contributed by atoms with van der Waals surface area (Å²) in [4.78, 5) is 0. The van der Waals surface area contributed by atoms with Gasteiger partial charge in [-0.15, -0.1) is 0 Å². The summed E-state index contributed by atoms with van der Waals surface area (Å²) in [7, 11) is 0. The lowest BCUT2D eigenvalue weighted by Crippen LogP contribution is -2.14. The van der Waals surface area contributed by atoms with Crippen molar-refractivity contribution < 1.29 is 5.11 Å². The summed E-state index contributed by atoms with van der Waals surface area (Å²) in [6, 6.07) is 19.0. The molecule has 0 bridgehead atoms. The summed E-state index contributed by atoms with van der Waals surface area (Å²) in [6.45, 7) is 2.47. The summed E-state index contributed by atoms with van der Waals surface area (Å²) in [5, 5.41) is 9.57. The smallest absolute Gasteiger partial charge is 0.0530 e. The largest absolute Gasteiger partial charge is 0.395 e. The molecule has 2 atom stereocenters. The van der Waals surface area contributed by atoms with Crippen LogP contribution < -0.4 is 0 Å². The minimum Gasteiger partial charge on any atom is -0.395 e. The summed E-state index contributed by atoms with van der Waals surface area (Å²) in [5.74, 6) is 0.602. The number of aliphatic hydroxyl groups is 1. The van der Waals surface area contributed by atoms with E-state index < -0.39 is 0 Å². The highest BCUT2D eigenvalue weighted by molar-refractivity contribution is 5.63. The van der Waals surface area contributed by atoms with E-state index in [1.807, 2.05) is 6.07 Å². The maximum Gasteiger partial charge on any atom is 0.0530 e. The van der Waals surface area contributed by atoms with Crippen LogP contribution in [-0.2, 0) is 5.41 Å². The van der Waals surface area contributed by atoms with Gasteiger partial charge in [0, 0.05) is 5.41 Å². The SMILES string of the molecule is CC1CC1(CO)c1ccc(-c2ccccc2)cc1. The Morgan fingerprint density at radius 1 is 1.00 bits per heavy atom. The first-order valence-corrected chi connectivity index (χ1v) is 6.53. The maximum atomic E-state index is 9.57. The summed E-state index contributed by atoms with van der Waals surface area (Å²) >= 11 is 0. The van der Waals surface area contributed by atoms with Crippen LogP contribution in [0.2, 0.25) is 0 Å². The van der Waals surface area contributed by atoms with Crippen LogP contribution in [0.25, 0.3) is 11.1 Å². The molecule has 18 heavy (non-hydrogen) atoms. The molecule has 0 amide bonds. The Morgan fingerprint density at radius 3 is 2.06 bits per heavy atom. The van der Waals surface area contributed by atoms with Crippen molar-refractivity contribution in [2.24, 2.45) is 5.92 Å². The van der Waals surface area contributed by atoms with Gasteiger partial charge in [0.15, 0.2) is 0 Å². The van der Waals surface area contributed by atoms with Crippen LogP contribution in [0.15, 0.2) is 54.6 Å².